The van der Waals surface area contributed by atoms with Crippen molar-refractivity contribution in [2.45, 2.75) is 38.5 Å². The molecular weight excluding hydrogens is 448 g/mol. The number of rotatable bonds is 8. The average molecular weight is 475 g/mol. The topological polar surface area (TPSA) is 124 Å². The van der Waals surface area contributed by atoms with Gasteiger partial charge in [-0.15, -0.1) is 0 Å². The number of alkyl carbamates (subject to hydrolysis) is 2. The van der Waals surface area contributed by atoms with E-state index in [9.17, 15) is 14.1 Å². The number of benzene rings is 1. The summed E-state index contributed by atoms with van der Waals surface area (Å²) in [6.45, 7) is 5.76. The van der Waals surface area contributed by atoms with Gasteiger partial charge in [-0.25, -0.2) is 9.59 Å². The maximum atomic E-state index is 12.5. The first-order valence-corrected chi connectivity index (χ1v) is 11.5. The van der Waals surface area contributed by atoms with Crippen LogP contribution in [0.1, 0.15) is 33.6 Å². The summed E-state index contributed by atoms with van der Waals surface area (Å²) >= 11 is 9.05. The van der Waals surface area contributed by atoms with E-state index in [-0.39, 0.29) is 23.4 Å². The van der Waals surface area contributed by atoms with Gasteiger partial charge in [0.25, 0.3) is 0 Å². The lowest BCUT2D eigenvalue weighted by molar-refractivity contribution is 0.157. The molecule has 2 amide bonds. The lowest BCUT2D eigenvalue weighted by Gasteiger charge is -2.17. The third-order valence-electron chi connectivity index (χ3n) is 3.42. The summed E-state index contributed by atoms with van der Waals surface area (Å²) in [5, 5.41) is 10.4. The Kier molecular flexibility index (Phi) is 12.0. The molecule has 12 heteroatoms. The highest BCUT2D eigenvalue weighted by atomic mass is 32.2. The van der Waals surface area contributed by atoms with Crippen LogP contribution >= 0.6 is 24.4 Å². The zero-order valence-electron chi connectivity index (χ0n) is 17.0. The van der Waals surface area contributed by atoms with Gasteiger partial charge in [0.15, 0.2) is 15.1 Å². The zero-order chi connectivity index (χ0) is 22.5. The first-order valence-electron chi connectivity index (χ1n) is 9.32. The number of amides is 2. The van der Waals surface area contributed by atoms with Gasteiger partial charge in [0, 0.05) is 6.07 Å². The first-order chi connectivity index (χ1) is 14.3. The maximum Gasteiger partial charge on any atom is 0.413 e. The molecule has 0 spiro atoms. The fourth-order valence-corrected chi connectivity index (χ4v) is 3.74. The molecule has 0 aliphatic carbocycles. The fraction of sp³-hybridized carbons (Fsp3) is 0.444. The largest absolute Gasteiger partial charge is 0.611 e. The number of carbonyl (C=O) groups is 2. The molecule has 30 heavy (non-hydrogen) atoms. The molecule has 4 N–H and O–H groups in total. The number of thiocarbonyl (C=S) groups is 2. The van der Waals surface area contributed by atoms with Gasteiger partial charge in [-0.05, 0) is 68.0 Å². The standard InChI is InChI=1S/C18H26N4O5S3/c1-4-7-10-30(25)12-8-9-13(19-15(28)21-17(23)26-5-2)14(11-12)20-16(29)22-18(24)27-6-3/h8-9,11H,4-7,10H2,1-3H3,(H2,19,21,23,28)(H2,20,22,24,29). The lowest BCUT2D eigenvalue weighted by Crippen LogP contribution is -2.36. The van der Waals surface area contributed by atoms with E-state index in [1.807, 2.05) is 6.92 Å². The van der Waals surface area contributed by atoms with Crippen LogP contribution in [0.4, 0.5) is 21.0 Å². The normalized spacial score (nSPS) is 11.1. The van der Waals surface area contributed by atoms with E-state index < -0.39 is 23.4 Å². The molecule has 1 aromatic rings. The lowest BCUT2D eigenvalue weighted by atomic mass is 10.2. The Balaban J connectivity index is 3.01. The van der Waals surface area contributed by atoms with Gasteiger partial charge in [0.05, 0.1) is 24.6 Å². The van der Waals surface area contributed by atoms with Gasteiger partial charge in [0.2, 0.25) is 0 Å². The minimum atomic E-state index is -1.20. The third-order valence-corrected chi connectivity index (χ3v) is 5.26. The van der Waals surface area contributed by atoms with E-state index in [1.165, 1.54) is 0 Å². The van der Waals surface area contributed by atoms with Crippen molar-refractivity contribution in [1.29, 1.82) is 0 Å². The predicted octanol–water partition coefficient (Wildman–Crippen LogP) is 3.48. The second-order valence-corrected chi connectivity index (χ2v) is 8.10. The number of hydrogen-bond donors (Lipinski definition) is 4. The average Bonchev–Trinajstić information content (AvgIpc) is 2.67. The van der Waals surface area contributed by atoms with Crippen molar-refractivity contribution < 1.29 is 23.6 Å². The van der Waals surface area contributed by atoms with Crippen LogP contribution in [0.2, 0.25) is 0 Å². The van der Waals surface area contributed by atoms with Gasteiger partial charge in [-0.3, -0.25) is 10.6 Å². The molecule has 0 fully saturated rings. The molecule has 1 unspecified atom stereocenters. The van der Waals surface area contributed by atoms with Crippen molar-refractivity contribution in [1.82, 2.24) is 10.6 Å². The summed E-state index contributed by atoms with van der Waals surface area (Å²) in [5.41, 5.74) is 0.855. The predicted molar refractivity (Wildman–Crippen MR) is 125 cm³/mol. The second-order valence-electron chi connectivity index (χ2n) is 5.71. The molecule has 0 aromatic heterocycles. The molecule has 9 nitrogen and oxygen atoms in total. The van der Waals surface area contributed by atoms with Crippen molar-refractivity contribution in [3.05, 3.63) is 18.2 Å². The number of nitrogens with one attached hydrogen (secondary N) is 4. The number of carbonyl (C=O) groups excluding carboxylic acids is 2. The maximum absolute atomic E-state index is 12.5. The number of ether oxygens (including phenoxy) is 2. The van der Waals surface area contributed by atoms with Crippen LogP contribution in [-0.2, 0) is 20.6 Å². The SMILES string of the molecule is CCCC[S+]([O-])c1ccc(NC(=S)NC(=O)OCC)c(NC(=S)NC(=O)OCC)c1. The fourth-order valence-electron chi connectivity index (χ4n) is 2.10. The highest BCUT2D eigenvalue weighted by molar-refractivity contribution is 7.91. The van der Waals surface area contributed by atoms with Crippen LogP contribution in [0.15, 0.2) is 23.1 Å². The highest BCUT2D eigenvalue weighted by Gasteiger charge is 2.16. The molecule has 1 aromatic carbocycles. The molecule has 0 saturated carbocycles. The van der Waals surface area contributed by atoms with Gasteiger partial charge >= 0.3 is 12.2 Å². The van der Waals surface area contributed by atoms with E-state index in [4.69, 9.17) is 33.9 Å². The van der Waals surface area contributed by atoms with Crippen LogP contribution in [0.3, 0.4) is 0 Å². The van der Waals surface area contributed by atoms with Gasteiger partial charge in [0.1, 0.15) is 5.75 Å². The summed E-state index contributed by atoms with van der Waals surface area (Å²) in [6, 6.07) is 4.97. The van der Waals surface area contributed by atoms with Crippen molar-refractivity contribution in [2.75, 3.05) is 29.6 Å². The summed E-state index contributed by atoms with van der Waals surface area (Å²) in [5.74, 6) is 0.525. The van der Waals surface area contributed by atoms with E-state index in [2.05, 4.69) is 21.3 Å². The Morgan fingerprint density at radius 3 is 2.00 bits per heavy atom. The van der Waals surface area contributed by atoms with Crippen molar-refractivity contribution >= 4 is 69.4 Å². The molecule has 0 radical (unpaired) electrons. The highest BCUT2D eigenvalue weighted by Crippen LogP contribution is 2.26. The van der Waals surface area contributed by atoms with Gasteiger partial charge in [-0.1, -0.05) is 13.3 Å². The molecule has 1 rings (SSSR count). The zero-order valence-corrected chi connectivity index (χ0v) is 19.5. The Labute approximate surface area is 189 Å². The number of hydrogen-bond acceptors (Lipinski definition) is 7. The Bertz CT molecular complexity index is 763. The minimum Gasteiger partial charge on any atom is -0.611 e. The first kappa shape index (κ1) is 25.9. The third kappa shape index (κ3) is 9.57. The smallest absolute Gasteiger partial charge is 0.413 e. The summed E-state index contributed by atoms with van der Waals surface area (Å²) in [6.07, 6.45) is 0.358. The van der Waals surface area contributed by atoms with Gasteiger partial charge < -0.3 is 24.7 Å². The molecule has 166 valence electrons. The minimum absolute atomic E-state index is 0.000579. The van der Waals surface area contributed by atoms with E-state index in [0.29, 0.717) is 22.0 Å². The molecule has 0 aliphatic rings. The Hall–Kier alpha value is -2.15. The summed E-state index contributed by atoms with van der Waals surface area (Å²) in [7, 11) is 0. The van der Waals surface area contributed by atoms with Crippen molar-refractivity contribution in [2.24, 2.45) is 0 Å². The molecule has 0 aliphatic heterocycles. The molecule has 1 atom stereocenters. The van der Waals surface area contributed by atoms with Crippen LogP contribution in [-0.4, -0.2) is 45.9 Å². The monoisotopic (exact) mass is 474 g/mol. The Morgan fingerprint density at radius 1 is 0.967 bits per heavy atom. The van der Waals surface area contributed by atoms with Crippen LogP contribution in [0.25, 0.3) is 0 Å². The molecule has 0 saturated heterocycles. The second kappa shape index (κ2) is 14.0. The van der Waals surface area contributed by atoms with Crippen molar-refractivity contribution in [3.63, 3.8) is 0 Å². The number of anilines is 2. The quantitative estimate of drug-likeness (QED) is 0.331. The van der Waals surface area contributed by atoms with Crippen LogP contribution in [0, 0.1) is 0 Å². The van der Waals surface area contributed by atoms with E-state index >= 15 is 0 Å². The van der Waals surface area contributed by atoms with E-state index in [0.717, 1.165) is 12.8 Å². The summed E-state index contributed by atoms with van der Waals surface area (Å²) in [4.78, 5) is 23.7. The van der Waals surface area contributed by atoms with Crippen LogP contribution in [0.5, 0.6) is 0 Å². The Morgan fingerprint density at radius 2 is 1.50 bits per heavy atom. The van der Waals surface area contributed by atoms with Crippen LogP contribution < -0.4 is 21.3 Å². The van der Waals surface area contributed by atoms with E-state index in [1.54, 1.807) is 32.0 Å². The van der Waals surface area contributed by atoms with Gasteiger partial charge in [-0.2, -0.15) is 0 Å². The number of unbranched alkanes of at least 4 members (excludes halogenated alkanes) is 1. The molecule has 0 heterocycles. The summed E-state index contributed by atoms with van der Waals surface area (Å²) < 4.78 is 22.1. The molecular formula is C18H26N4O5S3. The van der Waals surface area contributed by atoms with Crippen molar-refractivity contribution in [3.8, 4) is 0 Å². The molecule has 0 bridgehead atoms.